The van der Waals surface area contributed by atoms with E-state index in [9.17, 15) is 0 Å². The minimum atomic E-state index is 0.960. The molecule has 2 nitrogen and oxygen atoms in total. The highest BCUT2D eigenvalue weighted by Gasteiger charge is 2.03. The molecule has 1 aromatic heterocycles. The lowest BCUT2D eigenvalue weighted by molar-refractivity contribution is -0.696. The van der Waals surface area contributed by atoms with Gasteiger partial charge in [0.05, 0.1) is 6.54 Å². The summed E-state index contributed by atoms with van der Waals surface area (Å²) < 4.78 is 4.51. The smallest absolute Gasteiger partial charge is 0.237 e. The number of aromatic nitrogens is 2. The molecule has 0 bridgehead atoms. The fourth-order valence-electron chi connectivity index (χ4n) is 2.00. The van der Waals surface area contributed by atoms with Gasteiger partial charge in [-0.1, -0.05) is 43.7 Å². The summed E-state index contributed by atoms with van der Waals surface area (Å²) in [6, 6.07) is 10.6. The number of unbranched alkanes of at least 4 members (excludes halogenated alkanes) is 2. The second kappa shape index (κ2) is 6.24. The molecule has 0 fully saturated rings. The Balaban J connectivity index is 1.90. The van der Waals surface area contributed by atoms with Crippen LogP contribution in [0.2, 0.25) is 0 Å². The van der Waals surface area contributed by atoms with E-state index >= 15 is 0 Å². The number of aryl methyl sites for hydroxylation is 1. The molecule has 0 amide bonds. The fourth-order valence-corrected chi connectivity index (χ4v) is 2.00. The Labute approximate surface area is 104 Å². The molecule has 0 aliphatic carbocycles. The summed E-state index contributed by atoms with van der Waals surface area (Å²) in [5, 5.41) is 0. The molecular weight excluding hydrogens is 208 g/mol. The third-order valence-corrected chi connectivity index (χ3v) is 2.97. The first-order chi connectivity index (χ1) is 8.38. The first-order valence-corrected chi connectivity index (χ1v) is 6.47. The second-order valence-electron chi connectivity index (χ2n) is 4.52. The van der Waals surface area contributed by atoms with Gasteiger partial charge < -0.3 is 0 Å². The van der Waals surface area contributed by atoms with E-state index in [0.29, 0.717) is 0 Å². The topological polar surface area (TPSA) is 8.81 Å². The van der Waals surface area contributed by atoms with Gasteiger partial charge >= 0.3 is 0 Å². The number of benzene rings is 1. The van der Waals surface area contributed by atoms with Crippen molar-refractivity contribution in [2.75, 3.05) is 0 Å². The van der Waals surface area contributed by atoms with E-state index in [1.807, 2.05) is 0 Å². The molecule has 0 aliphatic rings. The summed E-state index contributed by atoms with van der Waals surface area (Å²) in [5.41, 5.74) is 1.35. The Kier molecular flexibility index (Phi) is 4.37. The first-order valence-electron chi connectivity index (χ1n) is 6.47. The maximum Gasteiger partial charge on any atom is 0.244 e. The Morgan fingerprint density at radius 3 is 2.71 bits per heavy atom. The van der Waals surface area contributed by atoms with Gasteiger partial charge in [0.25, 0.3) is 0 Å². The van der Waals surface area contributed by atoms with Crippen LogP contribution < -0.4 is 4.57 Å². The van der Waals surface area contributed by atoms with Crippen LogP contribution >= 0.6 is 0 Å². The van der Waals surface area contributed by atoms with Crippen LogP contribution in [0.4, 0.5) is 0 Å². The molecule has 0 aliphatic heterocycles. The van der Waals surface area contributed by atoms with Crippen LogP contribution in [0, 0.1) is 0 Å². The highest BCUT2D eigenvalue weighted by atomic mass is 15.1. The molecule has 0 unspecified atom stereocenters. The third-order valence-electron chi connectivity index (χ3n) is 2.97. The van der Waals surface area contributed by atoms with Crippen molar-refractivity contribution in [3.63, 3.8) is 0 Å². The predicted molar refractivity (Wildman–Crippen MR) is 69.7 cm³/mol. The van der Waals surface area contributed by atoms with Crippen molar-refractivity contribution in [3.8, 4) is 0 Å². The zero-order valence-corrected chi connectivity index (χ0v) is 10.5. The number of hydrogen-bond acceptors (Lipinski definition) is 0. The Bertz CT molecular complexity index is 431. The molecule has 1 aromatic carbocycles. The van der Waals surface area contributed by atoms with E-state index in [-0.39, 0.29) is 0 Å². The average Bonchev–Trinajstić information content (AvgIpc) is 2.79. The lowest BCUT2D eigenvalue weighted by atomic mass is 10.2. The summed E-state index contributed by atoms with van der Waals surface area (Å²) in [6.07, 6.45) is 10.4. The van der Waals surface area contributed by atoms with Gasteiger partial charge in [-0.15, -0.1) is 0 Å². The maximum absolute atomic E-state index is 2.28. The van der Waals surface area contributed by atoms with Crippen LogP contribution in [0.5, 0.6) is 0 Å². The molecule has 0 saturated carbocycles. The van der Waals surface area contributed by atoms with Crippen LogP contribution in [0.1, 0.15) is 31.7 Å². The third kappa shape index (κ3) is 3.74. The fraction of sp³-hybridized carbons (Fsp3) is 0.400. The molecule has 0 saturated heterocycles. The molecule has 1 heterocycles. The van der Waals surface area contributed by atoms with Crippen LogP contribution in [0.15, 0.2) is 49.1 Å². The van der Waals surface area contributed by atoms with Crippen LogP contribution in [0.25, 0.3) is 0 Å². The van der Waals surface area contributed by atoms with Gasteiger partial charge in [0.1, 0.15) is 18.9 Å². The summed E-state index contributed by atoms with van der Waals surface area (Å²) >= 11 is 0. The van der Waals surface area contributed by atoms with E-state index in [1.54, 1.807) is 0 Å². The van der Waals surface area contributed by atoms with Crippen LogP contribution in [-0.2, 0) is 13.1 Å². The van der Waals surface area contributed by atoms with Crippen molar-refractivity contribution in [2.24, 2.45) is 0 Å². The molecule has 0 radical (unpaired) electrons. The van der Waals surface area contributed by atoms with Gasteiger partial charge in [-0.25, -0.2) is 9.13 Å². The van der Waals surface area contributed by atoms with Gasteiger partial charge in [-0.2, -0.15) is 0 Å². The molecule has 2 heteroatoms. The van der Waals surface area contributed by atoms with Crippen molar-refractivity contribution in [3.05, 3.63) is 54.6 Å². The number of imidazole rings is 1. The Hall–Kier alpha value is -1.57. The zero-order chi connectivity index (χ0) is 11.9. The Morgan fingerprint density at radius 2 is 1.94 bits per heavy atom. The van der Waals surface area contributed by atoms with Crippen molar-refractivity contribution >= 4 is 0 Å². The van der Waals surface area contributed by atoms with Crippen molar-refractivity contribution in [2.45, 2.75) is 39.3 Å². The summed E-state index contributed by atoms with van der Waals surface area (Å²) in [6.45, 7) is 4.34. The molecule has 17 heavy (non-hydrogen) atoms. The van der Waals surface area contributed by atoms with E-state index in [1.165, 1.54) is 24.8 Å². The van der Waals surface area contributed by atoms with Crippen molar-refractivity contribution < 1.29 is 4.57 Å². The molecule has 2 rings (SSSR count). The van der Waals surface area contributed by atoms with Gasteiger partial charge in [0.2, 0.25) is 6.33 Å². The largest absolute Gasteiger partial charge is 0.244 e. The highest BCUT2D eigenvalue weighted by Crippen LogP contribution is 2.01. The minimum Gasteiger partial charge on any atom is -0.237 e. The van der Waals surface area contributed by atoms with Crippen LogP contribution in [0.3, 0.4) is 0 Å². The first kappa shape index (κ1) is 11.9. The van der Waals surface area contributed by atoms with Crippen molar-refractivity contribution in [1.29, 1.82) is 0 Å². The normalized spacial score (nSPS) is 10.6. The van der Waals surface area contributed by atoms with Crippen molar-refractivity contribution in [1.82, 2.24) is 4.57 Å². The van der Waals surface area contributed by atoms with Gasteiger partial charge in [0.15, 0.2) is 0 Å². The molecule has 90 valence electrons. The predicted octanol–water partition coefficient (Wildman–Crippen LogP) is 3.01. The summed E-state index contributed by atoms with van der Waals surface area (Å²) in [5.74, 6) is 0. The SMILES string of the molecule is CCCCC[n+]1ccn(Cc2ccccc2)c1. The van der Waals surface area contributed by atoms with Gasteiger partial charge in [-0.3, -0.25) is 0 Å². The summed E-state index contributed by atoms with van der Waals surface area (Å²) in [7, 11) is 0. The van der Waals surface area contributed by atoms with Crippen LogP contribution in [-0.4, -0.2) is 4.57 Å². The molecule has 0 N–H and O–H groups in total. The molecule has 0 spiro atoms. The Morgan fingerprint density at radius 1 is 1.12 bits per heavy atom. The van der Waals surface area contributed by atoms with E-state index in [4.69, 9.17) is 0 Å². The van der Waals surface area contributed by atoms with E-state index in [0.717, 1.165) is 13.1 Å². The van der Waals surface area contributed by atoms with Gasteiger partial charge in [0, 0.05) is 0 Å². The monoisotopic (exact) mass is 229 g/mol. The standard InChI is InChI=1S/C15H21N2/c1-2-3-7-10-16-11-12-17(14-16)13-15-8-5-4-6-9-15/h4-6,8-9,11-12,14H,2-3,7,10,13H2,1H3/q+1. The second-order valence-corrected chi connectivity index (χ2v) is 4.52. The molecule has 0 atom stereocenters. The number of hydrogen-bond donors (Lipinski definition) is 0. The lowest BCUT2D eigenvalue weighted by Gasteiger charge is -1.97. The van der Waals surface area contributed by atoms with Gasteiger partial charge in [-0.05, 0) is 18.4 Å². The number of nitrogens with zero attached hydrogens (tertiary/aromatic N) is 2. The van der Waals surface area contributed by atoms with E-state index < -0.39 is 0 Å². The average molecular weight is 229 g/mol. The highest BCUT2D eigenvalue weighted by molar-refractivity contribution is 5.14. The maximum atomic E-state index is 2.28. The molecule has 2 aromatic rings. The van der Waals surface area contributed by atoms with E-state index in [2.05, 4.69) is 65.1 Å². The quantitative estimate of drug-likeness (QED) is 0.532. The zero-order valence-electron chi connectivity index (χ0n) is 10.5. The lowest BCUT2D eigenvalue weighted by Crippen LogP contribution is -2.30. The summed E-state index contributed by atoms with van der Waals surface area (Å²) in [4.78, 5) is 0. The number of rotatable bonds is 6. The molecular formula is C15H21N2+. The minimum absolute atomic E-state index is 0.960.